The van der Waals surface area contributed by atoms with Crippen molar-refractivity contribution in [2.24, 2.45) is 11.8 Å². The highest BCUT2D eigenvalue weighted by Crippen LogP contribution is 2.22. The first-order valence-corrected chi connectivity index (χ1v) is 9.86. The van der Waals surface area contributed by atoms with Gasteiger partial charge in [-0.3, -0.25) is 9.59 Å². The second kappa shape index (κ2) is 12.5. The fourth-order valence-corrected chi connectivity index (χ4v) is 3.57. The van der Waals surface area contributed by atoms with E-state index in [-0.39, 0.29) is 35.8 Å². The monoisotopic (exact) mass is 415 g/mol. The van der Waals surface area contributed by atoms with Crippen LogP contribution in [0.2, 0.25) is 0 Å². The van der Waals surface area contributed by atoms with E-state index in [1.54, 1.807) is 0 Å². The van der Waals surface area contributed by atoms with Crippen LogP contribution >= 0.6 is 0 Å². The Morgan fingerprint density at radius 2 is 0.966 bits per heavy atom. The van der Waals surface area contributed by atoms with Gasteiger partial charge in [0.1, 0.15) is 0 Å². The lowest BCUT2D eigenvalue weighted by Crippen LogP contribution is -3.00. The van der Waals surface area contributed by atoms with Gasteiger partial charge in [-0.15, -0.1) is 0 Å². The molecule has 2 atom stereocenters. The van der Waals surface area contributed by atoms with E-state index in [2.05, 4.69) is 0 Å². The van der Waals surface area contributed by atoms with Crippen molar-refractivity contribution >= 4 is 11.6 Å². The molecular weight excluding hydrogens is 384 g/mol. The van der Waals surface area contributed by atoms with Gasteiger partial charge in [0.05, 0.1) is 0 Å². The van der Waals surface area contributed by atoms with Crippen LogP contribution in [0, 0.1) is 11.8 Å². The quantitative estimate of drug-likeness (QED) is 0.511. The third-order valence-corrected chi connectivity index (χ3v) is 4.89. The average Bonchev–Trinajstić information content (AvgIpc) is 2.69. The molecule has 5 heteroatoms. The number of halogens is 1. The number of nitrogens with zero attached hydrogens (tertiary/aromatic N) is 2. The minimum absolute atomic E-state index is 0. The molecule has 0 bridgehead atoms. The van der Waals surface area contributed by atoms with Gasteiger partial charge in [-0.2, -0.15) is 0 Å². The zero-order valence-corrected chi connectivity index (χ0v) is 18.6. The molecule has 29 heavy (non-hydrogen) atoms. The van der Waals surface area contributed by atoms with Crippen LogP contribution in [0.4, 0.5) is 0 Å². The first-order chi connectivity index (χ1) is 13.4. The predicted octanol–water partition coefficient (Wildman–Crippen LogP) is 0.892. The van der Waals surface area contributed by atoms with Crippen molar-refractivity contribution in [3.8, 4) is 0 Å². The molecular formula is C24H32ClN2O2-. The molecule has 2 aromatic carbocycles. The summed E-state index contributed by atoms with van der Waals surface area (Å²) < 4.78 is 0. The van der Waals surface area contributed by atoms with Crippen LogP contribution in [0.3, 0.4) is 0 Å². The summed E-state index contributed by atoms with van der Waals surface area (Å²) in [5.41, 5.74) is 1.49. The highest BCUT2D eigenvalue weighted by Gasteiger charge is 2.26. The Morgan fingerprint density at radius 1 is 0.655 bits per heavy atom. The molecule has 0 radical (unpaired) electrons. The maximum absolute atomic E-state index is 13.0. The number of benzene rings is 2. The summed E-state index contributed by atoms with van der Waals surface area (Å²) in [7, 11) is 7.94. The summed E-state index contributed by atoms with van der Waals surface area (Å²) in [6.07, 6.45) is 1.39. The Hall–Kier alpha value is -2.01. The lowest BCUT2D eigenvalue weighted by molar-refractivity contribution is -0.0000213. The van der Waals surface area contributed by atoms with Gasteiger partial charge >= 0.3 is 0 Å². The third-order valence-electron chi connectivity index (χ3n) is 4.89. The molecule has 2 aromatic rings. The van der Waals surface area contributed by atoms with Crippen LogP contribution in [-0.2, 0) is 0 Å². The summed E-state index contributed by atoms with van der Waals surface area (Å²) in [5.74, 6) is 0.0754. The summed E-state index contributed by atoms with van der Waals surface area (Å²) in [6, 6.07) is 18.9. The minimum atomic E-state index is -0.120. The van der Waals surface area contributed by atoms with E-state index in [0.717, 1.165) is 11.1 Å². The minimum Gasteiger partial charge on any atom is -1.00 e. The zero-order valence-electron chi connectivity index (χ0n) is 17.8. The number of carbonyl (C=O) groups excluding carboxylic acids is 2. The van der Waals surface area contributed by atoms with E-state index in [9.17, 15) is 9.59 Å². The molecule has 158 valence electrons. The van der Waals surface area contributed by atoms with E-state index in [1.807, 2.05) is 98.7 Å². The Balaban J connectivity index is 0.00000420. The molecule has 0 heterocycles. The summed E-state index contributed by atoms with van der Waals surface area (Å²) in [6.45, 7) is 1.36. The Labute approximate surface area is 181 Å². The van der Waals surface area contributed by atoms with Crippen molar-refractivity contribution in [3.63, 3.8) is 0 Å². The molecule has 0 spiro atoms. The second-order valence-electron chi connectivity index (χ2n) is 7.96. The van der Waals surface area contributed by atoms with Crippen LogP contribution in [0.15, 0.2) is 60.7 Å². The molecule has 0 amide bonds. The summed E-state index contributed by atoms with van der Waals surface area (Å²) >= 11 is 0. The smallest absolute Gasteiger partial charge is 0.167 e. The molecule has 0 aliphatic rings. The van der Waals surface area contributed by atoms with Crippen LogP contribution in [-0.4, -0.2) is 62.6 Å². The topological polar surface area (TPSA) is 40.6 Å². The number of Topliss-reactive ketones (excluding diaryl/α,β-unsaturated/α-hetero) is 2. The highest BCUT2D eigenvalue weighted by atomic mass is 35.5. The molecule has 2 unspecified atom stereocenters. The van der Waals surface area contributed by atoms with Crippen molar-refractivity contribution in [3.05, 3.63) is 71.8 Å². The molecule has 0 fully saturated rings. The van der Waals surface area contributed by atoms with Crippen LogP contribution in [0.5, 0.6) is 0 Å². The second-order valence-corrected chi connectivity index (χ2v) is 7.96. The van der Waals surface area contributed by atoms with Gasteiger partial charge in [0, 0.05) is 36.1 Å². The first-order valence-electron chi connectivity index (χ1n) is 9.86. The molecule has 4 nitrogen and oxygen atoms in total. The van der Waals surface area contributed by atoms with Crippen molar-refractivity contribution in [2.45, 2.75) is 12.8 Å². The number of carbonyl (C=O) groups is 2. The molecule has 0 N–H and O–H groups in total. The first kappa shape index (κ1) is 25.0. The number of ketones is 2. The number of rotatable bonds is 11. The Morgan fingerprint density at radius 3 is 1.24 bits per heavy atom. The van der Waals surface area contributed by atoms with Crippen molar-refractivity contribution in [1.82, 2.24) is 9.80 Å². The van der Waals surface area contributed by atoms with Crippen molar-refractivity contribution in [2.75, 3.05) is 41.3 Å². The highest BCUT2D eigenvalue weighted by molar-refractivity contribution is 5.99. The third kappa shape index (κ3) is 8.09. The number of hydrogen-bond donors (Lipinski definition) is 0. The number of hydrogen-bond acceptors (Lipinski definition) is 4. The van der Waals surface area contributed by atoms with Crippen molar-refractivity contribution in [1.29, 1.82) is 0 Å². The fraction of sp³-hybridized carbons (Fsp3) is 0.417. The normalized spacial score (nSPS) is 13.0. The summed E-state index contributed by atoms with van der Waals surface area (Å²) in [4.78, 5) is 30.2. The lowest BCUT2D eigenvalue weighted by Gasteiger charge is -2.24. The molecule has 0 aromatic heterocycles. The van der Waals surface area contributed by atoms with Gasteiger partial charge in [0.15, 0.2) is 11.6 Å². The van der Waals surface area contributed by atoms with Gasteiger partial charge in [0.25, 0.3) is 0 Å². The zero-order chi connectivity index (χ0) is 20.5. The van der Waals surface area contributed by atoms with Gasteiger partial charge in [-0.25, -0.2) is 0 Å². The Bertz CT molecular complexity index is 682. The van der Waals surface area contributed by atoms with E-state index < -0.39 is 0 Å². The molecule has 0 saturated heterocycles. The predicted molar refractivity (Wildman–Crippen MR) is 115 cm³/mol. The van der Waals surface area contributed by atoms with E-state index in [0.29, 0.717) is 25.9 Å². The van der Waals surface area contributed by atoms with Gasteiger partial charge in [0.2, 0.25) is 0 Å². The molecule has 0 aliphatic heterocycles. The molecule has 0 aliphatic carbocycles. The molecule has 0 saturated carbocycles. The van der Waals surface area contributed by atoms with Crippen LogP contribution in [0.1, 0.15) is 33.6 Å². The van der Waals surface area contributed by atoms with Crippen LogP contribution < -0.4 is 12.4 Å². The summed E-state index contributed by atoms with van der Waals surface area (Å²) in [5, 5.41) is 0. The van der Waals surface area contributed by atoms with Gasteiger partial charge < -0.3 is 22.2 Å². The fourth-order valence-electron chi connectivity index (χ4n) is 3.57. The lowest BCUT2D eigenvalue weighted by atomic mass is 9.86. The van der Waals surface area contributed by atoms with E-state index >= 15 is 0 Å². The maximum Gasteiger partial charge on any atom is 0.167 e. The van der Waals surface area contributed by atoms with Gasteiger partial charge in [-0.05, 0) is 41.0 Å². The average molecular weight is 416 g/mol. The SMILES string of the molecule is CN(C)CC(CCC(CN(C)C)C(=O)c1ccccc1)C(=O)c1ccccc1.[Cl-]. The van der Waals surface area contributed by atoms with Crippen molar-refractivity contribution < 1.29 is 22.0 Å². The largest absolute Gasteiger partial charge is 1.00 e. The Kier molecular flexibility index (Phi) is 10.8. The van der Waals surface area contributed by atoms with E-state index in [4.69, 9.17) is 0 Å². The molecule has 2 rings (SSSR count). The standard InChI is InChI=1S/C24H32N2O2.ClH/c1-25(2)17-21(23(27)19-11-7-5-8-12-19)15-16-22(18-26(3)4)24(28)20-13-9-6-10-14-20;/h5-14,21-22H,15-18H2,1-4H3;1H/p-1. The van der Waals surface area contributed by atoms with E-state index in [1.165, 1.54) is 0 Å². The van der Waals surface area contributed by atoms with Gasteiger partial charge in [-0.1, -0.05) is 60.7 Å². The van der Waals surface area contributed by atoms with Crippen LogP contribution in [0.25, 0.3) is 0 Å². The maximum atomic E-state index is 13.0.